The summed E-state index contributed by atoms with van der Waals surface area (Å²) < 4.78 is 4.33. The third-order valence-electron chi connectivity index (χ3n) is 5.69. The topological polar surface area (TPSA) is 103 Å². The number of hydrogen-bond acceptors (Lipinski definition) is 7. The van der Waals surface area contributed by atoms with Gasteiger partial charge in [0.1, 0.15) is 33.1 Å². The van der Waals surface area contributed by atoms with Crippen LogP contribution in [-0.2, 0) is 13.0 Å². The van der Waals surface area contributed by atoms with Gasteiger partial charge in [-0.2, -0.15) is 5.10 Å². The Balaban J connectivity index is 1.75. The molecule has 33 heavy (non-hydrogen) atoms. The molecule has 1 aromatic carbocycles. The van der Waals surface area contributed by atoms with Gasteiger partial charge in [-0.25, -0.2) is 19.7 Å². The molecule has 10 heteroatoms. The molecule has 0 bridgehead atoms. The van der Waals surface area contributed by atoms with E-state index in [1.54, 1.807) is 9.25 Å². The summed E-state index contributed by atoms with van der Waals surface area (Å²) in [4.78, 5) is 28.1. The van der Waals surface area contributed by atoms with E-state index in [9.17, 15) is 4.79 Å². The van der Waals surface area contributed by atoms with Crippen molar-refractivity contribution in [2.75, 3.05) is 0 Å². The SMILES string of the molecule is Cc1csc2nc(Cn3nc(I)c4c3N=CN=C(N)C4)n(-c3ccccc3C(C)C)c(=O)c12. The number of benzene rings is 1. The van der Waals surface area contributed by atoms with Crippen LogP contribution in [0.2, 0.25) is 0 Å². The summed E-state index contributed by atoms with van der Waals surface area (Å²) in [7, 11) is 0. The smallest absolute Gasteiger partial charge is 0.267 e. The second-order valence-electron chi connectivity index (χ2n) is 8.27. The third kappa shape index (κ3) is 3.80. The van der Waals surface area contributed by atoms with E-state index >= 15 is 0 Å². The first kappa shape index (κ1) is 22.0. The van der Waals surface area contributed by atoms with Crippen molar-refractivity contribution >= 4 is 62.1 Å². The lowest BCUT2D eigenvalue weighted by molar-refractivity contribution is 0.634. The van der Waals surface area contributed by atoms with E-state index in [0.29, 0.717) is 29.3 Å². The molecule has 4 aromatic rings. The van der Waals surface area contributed by atoms with Gasteiger partial charge in [-0.15, -0.1) is 11.3 Å². The summed E-state index contributed by atoms with van der Waals surface area (Å²) in [6.07, 6.45) is 1.93. The van der Waals surface area contributed by atoms with E-state index in [2.05, 4.69) is 52.5 Å². The Morgan fingerprint density at radius 1 is 1.27 bits per heavy atom. The molecule has 2 N–H and O–H groups in total. The minimum Gasteiger partial charge on any atom is -0.387 e. The highest BCUT2D eigenvalue weighted by molar-refractivity contribution is 14.1. The number of aromatic nitrogens is 4. The van der Waals surface area contributed by atoms with Crippen molar-refractivity contribution < 1.29 is 0 Å². The van der Waals surface area contributed by atoms with E-state index in [1.807, 2.05) is 30.5 Å². The number of aryl methyl sites for hydroxylation is 1. The summed E-state index contributed by atoms with van der Waals surface area (Å²) in [5.41, 5.74) is 9.70. The molecule has 0 spiro atoms. The van der Waals surface area contributed by atoms with E-state index in [-0.39, 0.29) is 18.0 Å². The number of rotatable bonds is 4. The number of hydrogen-bond donors (Lipinski definition) is 1. The highest BCUT2D eigenvalue weighted by atomic mass is 127. The molecule has 0 fully saturated rings. The monoisotopic (exact) mass is 571 g/mol. The van der Waals surface area contributed by atoms with Crippen molar-refractivity contribution in [3.63, 3.8) is 0 Å². The maximum atomic E-state index is 13.8. The Morgan fingerprint density at radius 3 is 2.85 bits per heavy atom. The second-order valence-corrected chi connectivity index (χ2v) is 10.2. The number of fused-ring (bicyclic) bond motifs is 2. The molecule has 1 aliphatic rings. The van der Waals surface area contributed by atoms with Gasteiger partial charge in [0.15, 0.2) is 5.82 Å². The Kier molecular flexibility index (Phi) is 5.65. The summed E-state index contributed by atoms with van der Waals surface area (Å²) in [6.45, 7) is 6.49. The molecule has 8 nitrogen and oxygen atoms in total. The van der Waals surface area contributed by atoms with Crippen molar-refractivity contribution in [1.82, 2.24) is 19.3 Å². The van der Waals surface area contributed by atoms with Crippen LogP contribution in [0.25, 0.3) is 15.9 Å². The van der Waals surface area contributed by atoms with Crippen LogP contribution >= 0.6 is 33.9 Å². The van der Waals surface area contributed by atoms with Crippen LogP contribution in [0.15, 0.2) is 44.4 Å². The van der Waals surface area contributed by atoms with Crippen molar-refractivity contribution in [1.29, 1.82) is 0 Å². The molecule has 0 amide bonds. The van der Waals surface area contributed by atoms with Gasteiger partial charge in [-0.1, -0.05) is 32.0 Å². The lowest BCUT2D eigenvalue weighted by atomic mass is 10.0. The molecular weight excluding hydrogens is 549 g/mol. The average molecular weight is 571 g/mol. The molecule has 1 aliphatic heterocycles. The molecule has 168 valence electrons. The van der Waals surface area contributed by atoms with Gasteiger partial charge < -0.3 is 5.73 Å². The Morgan fingerprint density at radius 2 is 2.06 bits per heavy atom. The highest BCUT2D eigenvalue weighted by Crippen LogP contribution is 2.29. The van der Waals surface area contributed by atoms with Crippen molar-refractivity contribution in [2.45, 2.75) is 39.7 Å². The number of amidine groups is 1. The standard InChI is InChI=1S/C23H22IN7OS/c1-12(2)14-6-4-5-7-16(14)31-18(28-22-19(23(31)32)13(3)10-33-22)9-30-21-15(20(24)29-30)8-17(25)26-11-27-21/h4-7,10-12H,8-9H2,1-3H3,(H2,25,26,27). The summed E-state index contributed by atoms with van der Waals surface area (Å²) in [5.74, 6) is 2.03. The second kappa shape index (κ2) is 8.49. The minimum absolute atomic E-state index is 0.0640. The van der Waals surface area contributed by atoms with Crippen LogP contribution < -0.4 is 11.3 Å². The van der Waals surface area contributed by atoms with E-state index in [1.165, 1.54) is 17.7 Å². The normalized spacial score (nSPS) is 13.4. The molecule has 0 unspecified atom stereocenters. The van der Waals surface area contributed by atoms with Gasteiger partial charge in [0, 0.05) is 12.0 Å². The van der Waals surface area contributed by atoms with Crippen LogP contribution in [-0.4, -0.2) is 31.5 Å². The number of nitrogens with zero attached hydrogens (tertiary/aromatic N) is 6. The Labute approximate surface area is 208 Å². The fourth-order valence-electron chi connectivity index (χ4n) is 4.09. The highest BCUT2D eigenvalue weighted by Gasteiger charge is 2.23. The zero-order valence-electron chi connectivity index (χ0n) is 18.4. The van der Waals surface area contributed by atoms with Gasteiger partial charge in [-0.05, 0) is 58.0 Å². The predicted octanol–water partition coefficient (Wildman–Crippen LogP) is 4.30. The number of nitrogens with two attached hydrogens (primary N) is 1. The lowest BCUT2D eigenvalue weighted by Crippen LogP contribution is -2.26. The van der Waals surface area contributed by atoms with E-state index < -0.39 is 0 Å². The first-order chi connectivity index (χ1) is 15.8. The Hall–Kier alpha value is -2.86. The zero-order chi connectivity index (χ0) is 23.3. The van der Waals surface area contributed by atoms with Gasteiger partial charge in [0.2, 0.25) is 0 Å². The summed E-state index contributed by atoms with van der Waals surface area (Å²) >= 11 is 3.67. The van der Waals surface area contributed by atoms with Crippen LogP contribution in [0.3, 0.4) is 0 Å². The molecule has 3 aromatic heterocycles. The largest absolute Gasteiger partial charge is 0.387 e. The molecule has 0 saturated carbocycles. The van der Waals surface area contributed by atoms with Crippen LogP contribution in [0.5, 0.6) is 0 Å². The van der Waals surface area contributed by atoms with E-state index in [0.717, 1.165) is 30.9 Å². The van der Waals surface area contributed by atoms with Crippen molar-refractivity contribution in [3.8, 4) is 5.69 Å². The van der Waals surface area contributed by atoms with Gasteiger partial charge >= 0.3 is 0 Å². The van der Waals surface area contributed by atoms with Crippen LogP contribution in [0.1, 0.15) is 42.3 Å². The van der Waals surface area contributed by atoms with Crippen LogP contribution in [0, 0.1) is 10.6 Å². The quantitative estimate of drug-likeness (QED) is 0.369. The van der Waals surface area contributed by atoms with Crippen molar-refractivity contribution in [2.24, 2.45) is 15.7 Å². The predicted molar refractivity (Wildman–Crippen MR) is 142 cm³/mol. The molecule has 5 rings (SSSR count). The number of aliphatic imine (C=N–C) groups is 2. The molecule has 0 aliphatic carbocycles. The first-order valence-corrected chi connectivity index (χ1v) is 12.5. The van der Waals surface area contributed by atoms with E-state index in [4.69, 9.17) is 15.8 Å². The molecule has 0 saturated heterocycles. The van der Waals surface area contributed by atoms with Gasteiger partial charge in [0.25, 0.3) is 5.56 Å². The fourth-order valence-corrected chi connectivity index (χ4v) is 5.71. The number of thiophene rings is 1. The fraction of sp³-hybridized carbons (Fsp3) is 0.261. The van der Waals surface area contributed by atoms with Crippen molar-refractivity contribution in [3.05, 3.63) is 66.2 Å². The molecule has 0 radical (unpaired) electrons. The maximum absolute atomic E-state index is 13.8. The van der Waals surface area contributed by atoms with Gasteiger partial charge in [0.05, 0.1) is 11.1 Å². The molecule has 4 heterocycles. The zero-order valence-corrected chi connectivity index (χ0v) is 21.4. The lowest BCUT2D eigenvalue weighted by Gasteiger charge is -2.18. The summed E-state index contributed by atoms with van der Waals surface area (Å²) in [5, 5.41) is 7.34. The maximum Gasteiger partial charge on any atom is 0.267 e. The Bertz CT molecular complexity index is 1510. The first-order valence-electron chi connectivity index (χ1n) is 10.5. The molecule has 0 atom stereocenters. The average Bonchev–Trinajstić information content (AvgIpc) is 3.20. The third-order valence-corrected chi connectivity index (χ3v) is 7.54. The number of halogens is 1. The minimum atomic E-state index is -0.0640. The van der Waals surface area contributed by atoms with Crippen LogP contribution in [0.4, 0.5) is 5.82 Å². The summed E-state index contributed by atoms with van der Waals surface area (Å²) in [6, 6.07) is 8.00. The number of para-hydroxylation sites is 1. The van der Waals surface area contributed by atoms with Gasteiger partial charge in [-0.3, -0.25) is 9.36 Å². The molecular formula is C23H22IN7OS.